The molecule has 1 heterocycles. The van der Waals surface area contributed by atoms with Gasteiger partial charge in [0, 0.05) is 12.6 Å². The molecule has 3 heteroatoms. The van der Waals surface area contributed by atoms with Crippen LogP contribution in [0, 0.1) is 0 Å². The van der Waals surface area contributed by atoms with Crippen LogP contribution in [0.3, 0.4) is 0 Å². The summed E-state index contributed by atoms with van der Waals surface area (Å²) in [5, 5.41) is 3.16. The van der Waals surface area contributed by atoms with Crippen LogP contribution in [0.1, 0.15) is 57.8 Å². The van der Waals surface area contributed by atoms with Gasteiger partial charge in [-0.15, -0.1) is 0 Å². The Kier molecular flexibility index (Phi) is 4.64. The molecule has 1 amide bonds. The molecule has 2 aliphatic rings. The van der Waals surface area contributed by atoms with E-state index in [0.717, 1.165) is 32.3 Å². The standard InChI is InChI=1S/C13H23NO2/c15-13(12-9-6-10-16-12)14-11-7-4-2-1-3-5-8-11/h11-12H,1-10H2,(H,14,15)/t12-/m1/s1. The highest BCUT2D eigenvalue weighted by atomic mass is 16.5. The predicted molar refractivity (Wildman–Crippen MR) is 63.2 cm³/mol. The van der Waals surface area contributed by atoms with Crippen molar-refractivity contribution in [2.75, 3.05) is 6.61 Å². The number of ether oxygens (including phenoxy) is 1. The number of rotatable bonds is 2. The summed E-state index contributed by atoms with van der Waals surface area (Å²) in [7, 11) is 0. The molecule has 92 valence electrons. The molecule has 1 aliphatic carbocycles. The minimum atomic E-state index is -0.162. The van der Waals surface area contributed by atoms with Gasteiger partial charge in [-0.05, 0) is 25.7 Å². The van der Waals surface area contributed by atoms with Crippen molar-refractivity contribution in [1.82, 2.24) is 5.32 Å². The molecule has 1 atom stereocenters. The summed E-state index contributed by atoms with van der Waals surface area (Å²) in [5.41, 5.74) is 0. The van der Waals surface area contributed by atoms with Crippen molar-refractivity contribution < 1.29 is 9.53 Å². The Morgan fingerprint density at radius 2 is 1.62 bits per heavy atom. The van der Waals surface area contributed by atoms with E-state index < -0.39 is 0 Å². The Labute approximate surface area is 97.9 Å². The Bertz CT molecular complexity index is 216. The minimum absolute atomic E-state index is 0.128. The first-order valence-corrected chi connectivity index (χ1v) is 6.78. The van der Waals surface area contributed by atoms with E-state index in [1.54, 1.807) is 0 Å². The molecule has 1 aliphatic heterocycles. The van der Waals surface area contributed by atoms with Crippen LogP contribution in [0.5, 0.6) is 0 Å². The number of nitrogens with one attached hydrogen (secondary N) is 1. The molecular weight excluding hydrogens is 202 g/mol. The maximum atomic E-state index is 11.9. The molecule has 1 N–H and O–H groups in total. The summed E-state index contributed by atoms with van der Waals surface area (Å²) in [6.07, 6.45) is 10.6. The SMILES string of the molecule is O=C(NC1CCCCCCC1)[C@H]1CCCO1. The van der Waals surface area contributed by atoms with Gasteiger partial charge < -0.3 is 10.1 Å². The zero-order chi connectivity index (χ0) is 11.2. The van der Waals surface area contributed by atoms with E-state index in [9.17, 15) is 4.79 Å². The van der Waals surface area contributed by atoms with Crippen LogP contribution < -0.4 is 5.32 Å². The van der Waals surface area contributed by atoms with Crippen LogP contribution >= 0.6 is 0 Å². The van der Waals surface area contributed by atoms with Gasteiger partial charge in [0.15, 0.2) is 0 Å². The van der Waals surface area contributed by atoms with Crippen molar-refractivity contribution in [2.24, 2.45) is 0 Å². The Balaban J connectivity index is 1.75. The normalized spacial score (nSPS) is 28.4. The summed E-state index contributed by atoms with van der Waals surface area (Å²) >= 11 is 0. The van der Waals surface area contributed by atoms with Crippen LogP contribution in [-0.2, 0) is 9.53 Å². The Morgan fingerprint density at radius 3 is 2.25 bits per heavy atom. The highest BCUT2D eigenvalue weighted by molar-refractivity contribution is 5.81. The Morgan fingerprint density at radius 1 is 0.938 bits per heavy atom. The predicted octanol–water partition coefficient (Wildman–Crippen LogP) is 2.39. The van der Waals surface area contributed by atoms with E-state index in [4.69, 9.17) is 4.74 Å². The molecule has 2 rings (SSSR count). The molecule has 1 saturated carbocycles. The molecule has 0 aromatic heterocycles. The lowest BCUT2D eigenvalue weighted by atomic mass is 9.96. The highest BCUT2D eigenvalue weighted by Gasteiger charge is 2.25. The van der Waals surface area contributed by atoms with Gasteiger partial charge in [-0.25, -0.2) is 0 Å². The van der Waals surface area contributed by atoms with Gasteiger partial charge in [-0.3, -0.25) is 4.79 Å². The van der Waals surface area contributed by atoms with E-state index in [2.05, 4.69) is 5.32 Å². The van der Waals surface area contributed by atoms with E-state index in [1.807, 2.05) is 0 Å². The molecule has 16 heavy (non-hydrogen) atoms. The molecule has 0 aromatic rings. The fourth-order valence-electron chi connectivity index (χ4n) is 2.68. The molecule has 2 fully saturated rings. The minimum Gasteiger partial charge on any atom is -0.368 e. The van der Waals surface area contributed by atoms with Gasteiger partial charge in [-0.1, -0.05) is 32.1 Å². The number of carbonyl (C=O) groups excluding carboxylic acids is 1. The number of hydrogen-bond donors (Lipinski definition) is 1. The van der Waals surface area contributed by atoms with E-state index in [-0.39, 0.29) is 12.0 Å². The topological polar surface area (TPSA) is 38.3 Å². The summed E-state index contributed by atoms with van der Waals surface area (Å²) < 4.78 is 5.40. The number of amides is 1. The third-order valence-corrected chi connectivity index (χ3v) is 3.67. The fraction of sp³-hybridized carbons (Fsp3) is 0.923. The second-order valence-electron chi connectivity index (χ2n) is 5.05. The van der Waals surface area contributed by atoms with Crippen molar-refractivity contribution in [3.05, 3.63) is 0 Å². The lowest BCUT2D eigenvalue weighted by Crippen LogP contribution is -2.41. The zero-order valence-electron chi connectivity index (χ0n) is 10.0. The maximum absolute atomic E-state index is 11.9. The van der Waals surface area contributed by atoms with Gasteiger partial charge in [0.25, 0.3) is 0 Å². The van der Waals surface area contributed by atoms with Gasteiger partial charge in [-0.2, -0.15) is 0 Å². The summed E-state index contributed by atoms with van der Waals surface area (Å²) in [5.74, 6) is 0.128. The molecule has 0 aromatic carbocycles. The van der Waals surface area contributed by atoms with Gasteiger partial charge in [0.1, 0.15) is 6.10 Å². The average molecular weight is 225 g/mol. The third-order valence-electron chi connectivity index (χ3n) is 3.67. The van der Waals surface area contributed by atoms with Crippen LogP contribution in [0.4, 0.5) is 0 Å². The van der Waals surface area contributed by atoms with Gasteiger partial charge in [0.05, 0.1) is 0 Å². The number of carbonyl (C=O) groups is 1. The fourth-order valence-corrected chi connectivity index (χ4v) is 2.68. The smallest absolute Gasteiger partial charge is 0.249 e. The quantitative estimate of drug-likeness (QED) is 0.783. The van der Waals surface area contributed by atoms with E-state index >= 15 is 0 Å². The monoisotopic (exact) mass is 225 g/mol. The van der Waals surface area contributed by atoms with E-state index in [0.29, 0.717) is 6.04 Å². The third kappa shape index (κ3) is 3.48. The lowest BCUT2D eigenvalue weighted by molar-refractivity contribution is -0.130. The molecule has 3 nitrogen and oxygen atoms in total. The first-order chi connectivity index (χ1) is 7.86. The molecule has 0 spiro atoms. The first-order valence-electron chi connectivity index (χ1n) is 6.78. The van der Waals surface area contributed by atoms with Gasteiger partial charge >= 0.3 is 0 Å². The van der Waals surface area contributed by atoms with Crippen molar-refractivity contribution in [3.63, 3.8) is 0 Å². The summed E-state index contributed by atoms with van der Waals surface area (Å²) in [6, 6.07) is 0.400. The Hall–Kier alpha value is -0.570. The zero-order valence-corrected chi connectivity index (χ0v) is 10.0. The van der Waals surface area contributed by atoms with Gasteiger partial charge in [0.2, 0.25) is 5.91 Å². The second kappa shape index (κ2) is 6.24. The van der Waals surface area contributed by atoms with Crippen molar-refractivity contribution in [2.45, 2.75) is 69.9 Å². The largest absolute Gasteiger partial charge is 0.368 e. The van der Waals surface area contributed by atoms with Crippen molar-refractivity contribution in [1.29, 1.82) is 0 Å². The molecular formula is C13H23NO2. The first kappa shape index (κ1) is 11.9. The molecule has 0 radical (unpaired) electrons. The summed E-state index contributed by atoms with van der Waals surface area (Å²) in [6.45, 7) is 0.753. The summed E-state index contributed by atoms with van der Waals surface area (Å²) in [4.78, 5) is 11.9. The molecule has 1 saturated heterocycles. The maximum Gasteiger partial charge on any atom is 0.249 e. The molecule has 0 unspecified atom stereocenters. The van der Waals surface area contributed by atoms with Crippen LogP contribution in [0.25, 0.3) is 0 Å². The van der Waals surface area contributed by atoms with Crippen LogP contribution in [-0.4, -0.2) is 24.7 Å². The lowest BCUT2D eigenvalue weighted by Gasteiger charge is -2.22. The van der Waals surface area contributed by atoms with Crippen LogP contribution in [0.2, 0.25) is 0 Å². The van der Waals surface area contributed by atoms with Crippen molar-refractivity contribution in [3.8, 4) is 0 Å². The second-order valence-corrected chi connectivity index (χ2v) is 5.05. The number of hydrogen-bond acceptors (Lipinski definition) is 2. The average Bonchev–Trinajstić information content (AvgIpc) is 2.74. The van der Waals surface area contributed by atoms with E-state index in [1.165, 1.54) is 32.1 Å². The van der Waals surface area contributed by atoms with Crippen molar-refractivity contribution >= 4 is 5.91 Å². The highest BCUT2D eigenvalue weighted by Crippen LogP contribution is 2.18. The van der Waals surface area contributed by atoms with Crippen LogP contribution in [0.15, 0.2) is 0 Å². The molecule has 0 bridgehead atoms.